The molecule has 1 aliphatic rings. The van der Waals surface area contributed by atoms with E-state index in [1.54, 1.807) is 7.05 Å². The van der Waals surface area contributed by atoms with Crippen LogP contribution in [-0.4, -0.2) is 46.2 Å². The Hall–Kier alpha value is -1.47. The zero-order valence-corrected chi connectivity index (χ0v) is 12.8. The van der Waals surface area contributed by atoms with Gasteiger partial charge in [0.2, 0.25) is 0 Å². The van der Waals surface area contributed by atoms with E-state index in [4.69, 9.17) is 0 Å². The lowest BCUT2D eigenvalue weighted by Crippen LogP contribution is -2.38. The molecule has 0 radical (unpaired) electrons. The normalized spacial score (nSPS) is 17.1. The van der Waals surface area contributed by atoms with Crippen LogP contribution >= 0.6 is 0 Å². The fourth-order valence-electron chi connectivity index (χ4n) is 2.02. The maximum Gasteiger partial charge on any atom is 0.321 e. The molecule has 116 valence electrons. The summed E-state index contributed by atoms with van der Waals surface area (Å²) in [5, 5.41) is 12.4. The number of rotatable bonds is 5. The minimum atomic E-state index is -1.41. The number of aliphatic hydroxyl groups is 1. The third-order valence-corrected chi connectivity index (χ3v) is 4.42. The first-order chi connectivity index (χ1) is 9.88. The second kappa shape index (κ2) is 6.53. The van der Waals surface area contributed by atoms with Crippen LogP contribution in [0.2, 0.25) is 0 Å². The van der Waals surface area contributed by atoms with Crippen LogP contribution in [0.25, 0.3) is 0 Å². The van der Waals surface area contributed by atoms with Gasteiger partial charge in [0.25, 0.3) is 0 Å². The largest absolute Gasteiger partial charge is 0.391 e. The van der Waals surface area contributed by atoms with Gasteiger partial charge in [-0.1, -0.05) is 0 Å². The molecule has 21 heavy (non-hydrogen) atoms. The van der Waals surface area contributed by atoms with Gasteiger partial charge < -0.3 is 15.3 Å². The Morgan fingerprint density at radius 1 is 1.57 bits per heavy atom. The molecule has 0 spiro atoms. The summed E-state index contributed by atoms with van der Waals surface area (Å²) in [5.41, 5.74) is 0.291. The molecule has 1 fully saturated rings. The molecule has 0 bridgehead atoms. The molecule has 2 rings (SSSR count). The second-order valence-electron chi connectivity index (χ2n) is 5.31. The Morgan fingerprint density at radius 2 is 2.24 bits per heavy atom. The van der Waals surface area contributed by atoms with E-state index >= 15 is 0 Å². The Balaban J connectivity index is 1.95. The highest BCUT2D eigenvalue weighted by Gasteiger charge is 2.31. The summed E-state index contributed by atoms with van der Waals surface area (Å²) in [6.45, 7) is 0.246. The number of urea groups is 1. The first-order valence-electron chi connectivity index (χ1n) is 6.71. The lowest BCUT2D eigenvalue weighted by molar-refractivity contribution is 0.117. The maximum atomic E-state index is 13.7. The van der Waals surface area contributed by atoms with Crippen LogP contribution < -0.4 is 5.32 Å². The monoisotopic (exact) mass is 314 g/mol. The predicted octanol–water partition coefficient (Wildman–Crippen LogP) is 1.80. The number of halogens is 1. The Morgan fingerprint density at radius 3 is 2.76 bits per heavy atom. The number of carbonyl (C=O) groups is 1. The quantitative estimate of drug-likeness (QED) is 0.870. The molecular formula is C14H19FN2O3S. The Bertz CT molecular complexity index is 563. The number of carbonyl (C=O) groups excluding carboxylic acids is 1. The summed E-state index contributed by atoms with van der Waals surface area (Å²) in [6, 6.07) is 3.61. The standard InChI is InChI=1S/C14H19FN2O3S/c1-17(8-12(18)9-3-4-9)14(19)16-10-5-6-13(21(2)20)11(15)7-10/h5-7,9,12,18H,3-4,8H2,1-2H3,(H,16,19). The minimum absolute atomic E-state index is 0.102. The van der Waals surface area contributed by atoms with E-state index in [1.807, 2.05) is 0 Å². The summed E-state index contributed by atoms with van der Waals surface area (Å²) >= 11 is 0. The van der Waals surface area contributed by atoms with E-state index in [9.17, 15) is 18.5 Å². The number of nitrogens with zero attached hydrogens (tertiary/aromatic N) is 1. The van der Waals surface area contributed by atoms with Crippen LogP contribution in [0.15, 0.2) is 23.1 Å². The average molecular weight is 314 g/mol. The molecule has 1 saturated carbocycles. The van der Waals surface area contributed by atoms with Gasteiger partial charge in [-0.15, -0.1) is 0 Å². The molecule has 7 heteroatoms. The van der Waals surface area contributed by atoms with Crippen molar-refractivity contribution in [3.8, 4) is 0 Å². The third kappa shape index (κ3) is 4.25. The van der Waals surface area contributed by atoms with Gasteiger partial charge in [0, 0.05) is 25.5 Å². The molecule has 2 unspecified atom stereocenters. The van der Waals surface area contributed by atoms with Crippen molar-refractivity contribution in [1.29, 1.82) is 0 Å². The van der Waals surface area contributed by atoms with Crippen molar-refractivity contribution in [2.45, 2.75) is 23.8 Å². The predicted molar refractivity (Wildman–Crippen MR) is 79.1 cm³/mol. The number of aliphatic hydroxyl groups excluding tert-OH is 1. The number of nitrogens with one attached hydrogen (secondary N) is 1. The Labute approximate surface area is 125 Å². The first kappa shape index (κ1) is 15.9. The first-order valence-corrected chi connectivity index (χ1v) is 8.27. The second-order valence-corrected chi connectivity index (χ2v) is 6.66. The van der Waals surface area contributed by atoms with E-state index in [-0.39, 0.29) is 17.4 Å². The molecule has 0 aromatic heterocycles. The summed E-state index contributed by atoms with van der Waals surface area (Å²) in [6.07, 6.45) is 2.88. The smallest absolute Gasteiger partial charge is 0.321 e. The van der Waals surface area contributed by atoms with Gasteiger partial charge in [-0.2, -0.15) is 0 Å². The van der Waals surface area contributed by atoms with E-state index in [2.05, 4.69) is 5.32 Å². The zero-order valence-electron chi connectivity index (χ0n) is 12.0. The maximum absolute atomic E-state index is 13.7. The van der Waals surface area contributed by atoms with E-state index < -0.39 is 28.8 Å². The topological polar surface area (TPSA) is 69.6 Å². The third-order valence-electron chi connectivity index (χ3n) is 3.47. The lowest BCUT2D eigenvalue weighted by Gasteiger charge is -2.21. The fourth-order valence-corrected chi connectivity index (χ4v) is 2.62. The molecule has 1 aromatic carbocycles. The van der Waals surface area contributed by atoms with E-state index in [0.717, 1.165) is 18.9 Å². The summed E-state index contributed by atoms with van der Waals surface area (Å²) in [4.78, 5) is 13.4. The number of amides is 2. The lowest BCUT2D eigenvalue weighted by atomic mass is 10.2. The van der Waals surface area contributed by atoms with E-state index in [1.165, 1.54) is 23.3 Å². The van der Waals surface area contributed by atoms with Gasteiger partial charge in [0.05, 0.1) is 21.8 Å². The molecular weight excluding hydrogens is 295 g/mol. The minimum Gasteiger partial charge on any atom is -0.391 e. The van der Waals surface area contributed by atoms with Gasteiger partial charge in [-0.3, -0.25) is 4.21 Å². The number of hydrogen-bond acceptors (Lipinski definition) is 3. The van der Waals surface area contributed by atoms with Gasteiger partial charge in [-0.25, -0.2) is 9.18 Å². The molecule has 1 aromatic rings. The molecule has 0 aliphatic heterocycles. The number of anilines is 1. The highest BCUT2D eigenvalue weighted by molar-refractivity contribution is 7.84. The van der Waals surface area contributed by atoms with Crippen molar-refractivity contribution < 1.29 is 18.5 Å². The van der Waals surface area contributed by atoms with Crippen LogP contribution in [0.3, 0.4) is 0 Å². The average Bonchev–Trinajstić information content (AvgIpc) is 3.22. The summed E-state index contributed by atoms with van der Waals surface area (Å²) in [7, 11) is 0.169. The van der Waals surface area contributed by atoms with Crippen LogP contribution in [-0.2, 0) is 10.8 Å². The number of hydrogen-bond donors (Lipinski definition) is 2. The molecule has 2 N–H and O–H groups in total. The highest BCUT2D eigenvalue weighted by Crippen LogP contribution is 2.32. The summed E-state index contributed by atoms with van der Waals surface area (Å²) in [5.74, 6) is -0.328. The fraction of sp³-hybridized carbons (Fsp3) is 0.500. The van der Waals surface area contributed by atoms with Crippen molar-refractivity contribution in [2.75, 3.05) is 25.2 Å². The number of benzene rings is 1. The SMILES string of the molecule is CN(CC(O)C1CC1)C(=O)Nc1ccc(S(C)=O)c(F)c1. The molecule has 5 nitrogen and oxygen atoms in total. The molecule has 0 heterocycles. The zero-order chi connectivity index (χ0) is 15.6. The van der Waals surface area contributed by atoms with Gasteiger partial charge in [0.1, 0.15) is 5.82 Å². The number of likely N-dealkylation sites (N-methyl/N-ethyl adjacent to an activating group) is 1. The van der Waals surface area contributed by atoms with Crippen LogP contribution in [0, 0.1) is 11.7 Å². The molecule has 2 amide bonds. The summed E-state index contributed by atoms with van der Waals surface area (Å²) < 4.78 is 24.9. The van der Waals surface area contributed by atoms with Gasteiger partial charge in [-0.05, 0) is 37.0 Å². The Kier molecular flexibility index (Phi) is 4.95. The van der Waals surface area contributed by atoms with Crippen LogP contribution in [0.1, 0.15) is 12.8 Å². The van der Waals surface area contributed by atoms with Crippen molar-refractivity contribution in [2.24, 2.45) is 5.92 Å². The molecule has 0 saturated heterocycles. The molecule has 2 atom stereocenters. The van der Waals surface area contributed by atoms with Crippen molar-refractivity contribution in [1.82, 2.24) is 4.90 Å². The van der Waals surface area contributed by atoms with E-state index in [0.29, 0.717) is 5.69 Å². The van der Waals surface area contributed by atoms with Gasteiger partial charge in [0.15, 0.2) is 0 Å². The van der Waals surface area contributed by atoms with Gasteiger partial charge >= 0.3 is 6.03 Å². The van der Waals surface area contributed by atoms with Crippen molar-refractivity contribution in [3.05, 3.63) is 24.0 Å². The molecule has 1 aliphatic carbocycles. The van der Waals surface area contributed by atoms with Crippen molar-refractivity contribution >= 4 is 22.5 Å². The highest BCUT2D eigenvalue weighted by atomic mass is 32.2. The van der Waals surface area contributed by atoms with Crippen LogP contribution in [0.5, 0.6) is 0 Å². The van der Waals surface area contributed by atoms with Crippen molar-refractivity contribution in [3.63, 3.8) is 0 Å². The van der Waals surface area contributed by atoms with Crippen LogP contribution in [0.4, 0.5) is 14.9 Å².